The van der Waals surface area contributed by atoms with Gasteiger partial charge in [0.1, 0.15) is 0 Å². The van der Waals surface area contributed by atoms with E-state index in [0.717, 1.165) is 55.8 Å². The number of methoxy groups -OCH3 is 2. The maximum absolute atomic E-state index is 12.7. The highest BCUT2D eigenvalue weighted by Crippen LogP contribution is 2.31. The van der Waals surface area contributed by atoms with Gasteiger partial charge in [-0.25, -0.2) is 4.98 Å². The van der Waals surface area contributed by atoms with E-state index in [4.69, 9.17) is 9.47 Å². The van der Waals surface area contributed by atoms with Crippen LogP contribution in [0.2, 0.25) is 0 Å². The Bertz CT molecular complexity index is 712. The Kier molecular flexibility index (Phi) is 6.27. The molecule has 0 N–H and O–H groups in total. The minimum absolute atomic E-state index is 0.0735. The molecule has 1 aromatic heterocycles. The Hall–Kier alpha value is -1.70. The van der Waals surface area contributed by atoms with Crippen molar-refractivity contribution in [2.24, 2.45) is 0 Å². The van der Waals surface area contributed by atoms with E-state index in [-0.39, 0.29) is 17.6 Å². The molecular formula is C21H34N4O3. The van der Waals surface area contributed by atoms with Gasteiger partial charge in [-0.1, -0.05) is 0 Å². The van der Waals surface area contributed by atoms with E-state index in [9.17, 15) is 4.79 Å². The molecule has 0 radical (unpaired) electrons. The number of likely N-dealkylation sites (tertiary alicyclic amines) is 1. The number of nitrogens with zero attached hydrogens (tertiary/aromatic N) is 4. The number of ether oxygens (including phenoxy) is 2. The zero-order valence-electron chi connectivity index (χ0n) is 18.1. The lowest BCUT2D eigenvalue weighted by Crippen LogP contribution is -2.50. The highest BCUT2D eigenvalue weighted by atomic mass is 16.5. The van der Waals surface area contributed by atoms with Gasteiger partial charge in [-0.15, -0.1) is 0 Å². The Morgan fingerprint density at radius 1 is 1.25 bits per heavy atom. The van der Waals surface area contributed by atoms with Gasteiger partial charge in [0.05, 0.1) is 30.5 Å². The summed E-state index contributed by atoms with van der Waals surface area (Å²) in [6.07, 6.45) is 1.98. The van der Waals surface area contributed by atoms with E-state index in [2.05, 4.69) is 28.9 Å². The van der Waals surface area contributed by atoms with Crippen LogP contribution in [0.3, 0.4) is 0 Å². The first-order valence-electron chi connectivity index (χ1n) is 10.1. The number of fused-ring (bicyclic) bond motifs is 1. The van der Waals surface area contributed by atoms with E-state index in [1.54, 1.807) is 7.11 Å². The van der Waals surface area contributed by atoms with Crippen LogP contribution in [-0.4, -0.2) is 85.2 Å². The molecule has 0 aromatic carbocycles. The van der Waals surface area contributed by atoms with Crippen molar-refractivity contribution < 1.29 is 14.3 Å². The van der Waals surface area contributed by atoms with Crippen molar-refractivity contribution in [1.29, 1.82) is 0 Å². The van der Waals surface area contributed by atoms with Crippen molar-refractivity contribution in [2.45, 2.75) is 51.4 Å². The third-order valence-corrected chi connectivity index (χ3v) is 5.97. The average Bonchev–Trinajstić information content (AvgIpc) is 2.98. The summed E-state index contributed by atoms with van der Waals surface area (Å²) in [6, 6.07) is 2.15. The number of hydrogen-bond acceptors (Lipinski definition) is 6. The Morgan fingerprint density at radius 2 is 1.93 bits per heavy atom. The van der Waals surface area contributed by atoms with Crippen molar-refractivity contribution in [3.63, 3.8) is 0 Å². The largest absolute Gasteiger partial charge is 0.481 e. The summed E-state index contributed by atoms with van der Waals surface area (Å²) in [5.74, 6) is 0.707. The smallest absolute Gasteiger partial charge is 0.256 e. The predicted molar refractivity (Wildman–Crippen MR) is 109 cm³/mol. The van der Waals surface area contributed by atoms with Crippen molar-refractivity contribution in [2.75, 3.05) is 47.9 Å². The number of carbonyl (C=O) groups excluding carboxylic acids is 1. The molecule has 1 saturated heterocycles. The first kappa shape index (κ1) is 21.0. The van der Waals surface area contributed by atoms with Gasteiger partial charge in [0.2, 0.25) is 5.88 Å². The molecule has 7 heteroatoms. The van der Waals surface area contributed by atoms with E-state index >= 15 is 0 Å². The van der Waals surface area contributed by atoms with Crippen LogP contribution < -0.4 is 4.74 Å². The predicted octanol–water partition coefficient (Wildman–Crippen LogP) is 2.00. The highest BCUT2D eigenvalue weighted by molar-refractivity contribution is 5.98. The summed E-state index contributed by atoms with van der Waals surface area (Å²) in [5, 5.41) is 0. The second-order valence-corrected chi connectivity index (χ2v) is 8.58. The van der Waals surface area contributed by atoms with Crippen LogP contribution in [0.25, 0.3) is 0 Å². The number of aromatic nitrogens is 1. The highest BCUT2D eigenvalue weighted by Gasteiger charge is 2.36. The summed E-state index contributed by atoms with van der Waals surface area (Å²) < 4.78 is 11.4. The lowest BCUT2D eigenvalue weighted by atomic mass is 9.90. The number of amides is 1. The summed E-state index contributed by atoms with van der Waals surface area (Å²) in [6.45, 7) is 8.20. The number of pyridine rings is 1. The number of hydrogen-bond donors (Lipinski definition) is 0. The Balaban J connectivity index is 1.73. The van der Waals surface area contributed by atoms with Gasteiger partial charge in [-0.2, -0.15) is 0 Å². The molecule has 0 saturated carbocycles. The number of rotatable bonds is 7. The Morgan fingerprint density at radius 3 is 2.46 bits per heavy atom. The molecule has 0 spiro atoms. The number of likely N-dealkylation sites (N-methyl/N-ethyl adjacent to an activating group) is 1. The molecule has 1 fully saturated rings. The molecule has 28 heavy (non-hydrogen) atoms. The van der Waals surface area contributed by atoms with Gasteiger partial charge in [0.15, 0.2) is 0 Å². The molecule has 3 heterocycles. The molecule has 2 aliphatic rings. The standard InChI is InChI=1S/C21H34N4O3/c1-15(2)25-13-18-17(20(25)26)11-16(19(22-18)27-5)12-24-9-7-21(28-6,8-10-24)14-23(3)4/h11,15H,7-10,12-14H2,1-6H3. The van der Waals surface area contributed by atoms with Gasteiger partial charge in [0.25, 0.3) is 5.91 Å². The second kappa shape index (κ2) is 8.35. The van der Waals surface area contributed by atoms with Crippen molar-refractivity contribution in [1.82, 2.24) is 19.7 Å². The van der Waals surface area contributed by atoms with Gasteiger partial charge in [-0.05, 0) is 46.9 Å². The minimum atomic E-state index is -0.0754. The van der Waals surface area contributed by atoms with Crippen LogP contribution in [-0.2, 0) is 17.8 Å². The average molecular weight is 391 g/mol. The van der Waals surface area contributed by atoms with E-state index in [0.29, 0.717) is 12.4 Å². The second-order valence-electron chi connectivity index (χ2n) is 8.58. The van der Waals surface area contributed by atoms with Crippen LogP contribution in [0.15, 0.2) is 6.07 Å². The summed E-state index contributed by atoms with van der Waals surface area (Å²) in [4.78, 5) is 23.8. The molecule has 1 amide bonds. The molecule has 0 bridgehead atoms. The summed E-state index contributed by atoms with van der Waals surface area (Å²) in [7, 11) is 7.65. The molecule has 3 rings (SSSR count). The summed E-state index contributed by atoms with van der Waals surface area (Å²) >= 11 is 0. The molecule has 1 aromatic rings. The molecule has 0 aliphatic carbocycles. The maximum atomic E-state index is 12.7. The number of carbonyl (C=O) groups is 1. The monoisotopic (exact) mass is 390 g/mol. The first-order valence-corrected chi connectivity index (χ1v) is 10.1. The van der Waals surface area contributed by atoms with Crippen LogP contribution in [0.1, 0.15) is 48.3 Å². The van der Waals surface area contributed by atoms with Crippen molar-refractivity contribution in [3.05, 3.63) is 22.9 Å². The van der Waals surface area contributed by atoms with E-state index in [1.165, 1.54) is 0 Å². The van der Waals surface area contributed by atoms with E-state index in [1.807, 2.05) is 31.9 Å². The quantitative estimate of drug-likeness (QED) is 0.710. The first-order chi connectivity index (χ1) is 13.3. The van der Waals surface area contributed by atoms with Crippen LogP contribution in [0, 0.1) is 0 Å². The fourth-order valence-corrected chi connectivity index (χ4v) is 4.34. The third kappa shape index (κ3) is 4.16. The van der Waals surface area contributed by atoms with Crippen molar-refractivity contribution >= 4 is 5.91 Å². The Labute approximate surface area is 168 Å². The molecule has 0 atom stereocenters. The lowest BCUT2D eigenvalue weighted by molar-refractivity contribution is -0.0713. The fraction of sp³-hybridized carbons (Fsp3) is 0.714. The van der Waals surface area contributed by atoms with Crippen LogP contribution in [0.4, 0.5) is 0 Å². The lowest BCUT2D eigenvalue weighted by Gasteiger charge is -2.42. The maximum Gasteiger partial charge on any atom is 0.256 e. The van der Waals surface area contributed by atoms with Crippen molar-refractivity contribution in [3.8, 4) is 5.88 Å². The molecule has 0 unspecified atom stereocenters. The SMILES string of the molecule is COc1nc2c(cc1CN1CCC(CN(C)C)(OC)CC1)C(=O)N(C(C)C)C2. The van der Waals surface area contributed by atoms with Gasteiger partial charge in [-0.3, -0.25) is 9.69 Å². The number of piperidine rings is 1. The zero-order chi connectivity index (χ0) is 20.5. The van der Waals surface area contributed by atoms with Crippen LogP contribution >= 0.6 is 0 Å². The molecule has 2 aliphatic heterocycles. The third-order valence-electron chi connectivity index (χ3n) is 5.97. The summed E-state index contributed by atoms with van der Waals surface area (Å²) in [5.41, 5.74) is 2.45. The molecular weight excluding hydrogens is 356 g/mol. The normalized spacial score (nSPS) is 19.6. The molecule has 156 valence electrons. The fourth-order valence-electron chi connectivity index (χ4n) is 4.34. The van der Waals surface area contributed by atoms with Gasteiger partial charge >= 0.3 is 0 Å². The van der Waals surface area contributed by atoms with Crippen LogP contribution in [0.5, 0.6) is 5.88 Å². The minimum Gasteiger partial charge on any atom is -0.481 e. The van der Waals surface area contributed by atoms with Gasteiger partial charge in [0, 0.05) is 44.9 Å². The molecule has 7 nitrogen and oxygen atoms in total. The zero-order valence-corrected chi connectivity index (χ0v) is 18.1. The van der Waals surface area contributed by atoms with Gasteiger partial charge < -0.3 is 19.3 Å². The topological polar surface area (TPSA) is 58.1 Å². The van der Waals surface area contributed by atoms with E-state index < -0.39 is 0 Å².